The van der Waals surface area contributed by atoms with E-state index in [2.05, 4.69) is 5.32 Å². The van der Waals surface area contributed by atoms with Gasteiger partial charge in [-0.25, -0.2) is 9.18 Å². The molecule has 0 amide bonds. The molecule has 5 nitrogen and oxygen atoms in total. The van der Waals surface area contributed by atoms with Crippen molar-refractivity contribution in [1.29, 1.82) is 5.26 Å². The molecule has 6 heteroatoms. The van der Waals surface area contributed by atoms with Crippen LogP contribution in [-0.4, -0.2) is 18.2 Å². The molecule has 0 heterocycles. The molecule has 0 aliphatic heterocycles. The molecule has 0 unspecified atom stereocenters. The fraction of sp³-hybridized carbons (Fsp3) is 0.0667. The number of methoxy groups -OCH3 is 1. The van der Waals surface area contributed by atoms with E-state index in [0.29, 0.717) is 11.4 Å². The van der Waals surface area contributed by atoms with E-state index in [4.69, 9.17) is 15.1 Å². The number of ether oxygens (including phenoxy) is 1. The predicted octanol–water partition coefficient (Wildman–Crippen LogP) is 3.15. The third kappa shape index (κ3) is 3.09. The van der Waals surface area contributed by atoms with Gasteiger partial charge >= 0.3 is 5.97 Å². The maximum absolute atomic E-state index is 13.1. The van der Waals surface area contributed by atoms with E-state index in [-0.39, 0.29) is 16.9 Å². The first-order valence-corrected chi connectivity index (χ1v) is 5.93. The molecule has 2 N–H and O–H groups in total. The third-order valence-electron chi connectivity index (χ3n) is 2.81. The van der Waals surface area contributed by atoms with Crippen LogP contribution in [0.25, 0.3) is 0 Å². The van der Waals surface area contributed by atoms with E-state index in [0.717, 1.165) is 6.07 Å². The zero-order chi connectivity index (χ0) is 15.4. The SMILES string of the molecule is COc1cc(Nc2ccc(F)cc2C#N)ccc1C(=O)O. The largest absolute Gasteiger partial charge is 0.496 e. The molecule has 2 rings (SSSR count). The van der Waals surface area contributed by atoms with Crippen molar-refractivity contribution in [3.05, 3.63) is 53.3 Å². The molecule has 106 valence electrons. The summed E-state index contributed by atoms with van der Waals surface area (Å²) in [4.78, 5) is 11.0. The summed E-state index contributed by atoms with van der Waals surface area (Å²) in [7, 11) is 1.37. The summed E-state index contributed by atoms with van der Waals surface area (Å²) in [5.41, 5.74) is 1.13. The number of anilines is 2. The molecule has 21 heavy (non-hydrogen) atoms. The second-order valence-corrected chi connectivity index (χ2v) is 4.15. The average Bonchev–Trinajstić information content (AvgIpc) is 2.48. The van der Waals surface area contributed by atoms with Crippen LogP contribution >= 0.6 is 0 Å². The van der Waals surface area contributed by atoms with Gasteiger partial charge in [0.15, 0.2) is 0 Å². The molecule has 0 bridgehead atoms. The molecular formula is C15H11FN2O3. The van der Waals surface area contributed by atoms with Crippen LogP contribution in [0.4, 0.5) is 15.8 Å². The summed E-state index contributed by atoms with van der Waals surface area (Å²) in [5.74, 6) is -1.41. The number of benzene rings is 2. The van der Waals surface area contributed by atoms with Crippen molar-refractivity contribution >= 4 is 17.3 Å². The molecule has 0 saturated heterocycles. The smallest absolute Gasteiger partial charge is 0.339 e. The summed E-state index contributed by atoms with van der Waals surface area (Å²) in [6, 6.07) is 10.1. The highest BCUT2D eigenvalue weighted by Crippen LogP contribution is 2.27. The second kappa shape index (κ2) is 5.92. The minimum Gasteiger partial charge on any atom is -0.496 e. The highest BCUT2D eigenvalue weighted by Gasteiger charge is 2.12. The summed E-state index contributed by atoms with van der Waals surface area (Å²) in [6.45, 7) is 0. The summed E-state index contributed by atoms with van der Waals surface area (Å²) in [5, 5.41) is 20.9. The van der Waals surface area contributed by atoms with Crippen molar-refractivity contribution < 1.29 is 19.0 Å². The lowest BCUT2D eigenvalue weighted by Crippen LogP contribution is -2.02. The molecule has 0 saturated carbocycles. The van der Waals surface area contributed by atoms with Crippen molar-refractivity contribution in [1.82, 2.24) is 0 Å². The number of hydrogen-bond acceptors (Lipinski definition) is 4. The fourth-order valence-electron chi connectivity index (χ4n) is 1.82. The number of nitriles is 1. The van der Waals surface area contributed by atoms with Crippen LogP contribution in [0.5, 0.6) is 5.75 Å². The Labute approximate surface area is 120 Å². The highest BCUT2D eigenvalue weighted by atomic mass is 19.1. The number of rotatable bonds is 4. The minimum absolute atomic E-state index is 0.0302. The summed E-state index contributed by atoms with van der Waals surface area (Å²) < 4.78 is 18.1. The van der Waals surface area contributed by atoms with Crippen LogP contribution in [0.1, 0.15) is 15.9 Å². The lowest BCUT2D eigenvalue weighted by molar-refractivity contribution is 0.0693. The van der Waals surface area contributed by atoms with Gasteiger partial charge < -0.3 is 15.2 Å². The Bertz CT molecular complexity index is 738. The first kappa shape index (κ1) is 14.3. The minimum atomic E-state index is -1.10. The van der Waals surface area contributed by atoms with Crippen LogP contribution in [0.2, 0.25) is 0 Å². The molecule has 0 spiro atoms. The van der Waals surface area contributed by atoms with Gasteiger partial charge in [-0.2, -0.15) is 5.26 Å². The maximum atomic E-state index is 13.1. The monoisotopic (exact) mass is 286 g/mol. The normalized spacial score (nSPS) is 9.76. The van der Waals surface area contributed by atoms with E-state index >= 15 is 0 Å². The van der Waals surface area contributed by atoms with Gasteiger partial charge in [0, 0.05) is 11.8 Å². The second-order valence-electron chi connectivity index (χ2n) is 4.15. The molecule has 0 radical (unpaired) electrons. The van der Waals surface area contributed by atoms with Crippen LogP contribution in [0.15, 0.2) is 36.4 Å². The average molecular weight is 286 g/mol. The number of carboxylic acid groups (broad SMARTS) is 1. The number of nitrogens with zero attached hydrogens (tertiary/aromatic N) is 1. The molecule has 0 fully saturated rings. The molecule has 2 aromatic carbocycles. The number of carbonyl (C=O) groups is 1. The first-order valence-electron chi connectivity index (χ1n) is 5.93. The van der Waals surface area contributed by atoms with Gasteiger partial charge in [-0.1, -0.05) is 0 Å². The molecule has 0 aliphatic rings. The van der Waals surface area contributed by atoms with Gasteiger partial charge in [-0.3, -0.25) is 0 Å². The maximum Gasteiger partial charge on any atom is 0.339 e. The molecule has 2 aromatic rings. The summed E-state index contributed by atoms with van der Waals surface area (Å²) >= 11 is 0. The van der Waals surface area contributed by atoms with Gasteiger partial charge in [0.05, 0.1) is 18.4 Å². The van der Waals surface area contributed by atoms with Crippen molar-refractivity contribution in [2.45, 2.75) is 0 Å². The van der Waals surface area contributed by atoms with Gasteiger partial charge in [0.2, 0.25) is 0 Å². The lowest BCUT2D eigenvalue weighted by Gasteiger charge is -2.11. The predicted molar refractivity (Wildman–Crippen MR) is 74.4 cm³/mol. The van der Waals surface area contributed by atoms with Crippen LogP contribution in [0, 0.1) is 17.1 Å². The fourth-order valence-corrected chi connectivity index (χ4v) is 1.82. The number of carboxylic acids is 1. The quantitative estimate of drug-likeness (QED) is 0.902. The van der Waals surface area contributed by atoms with Gasteiger partial charge in [-0.05, 0) is 30.3 Å². The zero-order valence-corrected chi connectivity index (χ0v) is 11.1. The van der Waals surface area contributed by atoms with Crippen LogP contribution < -0.4 is 10.1 Å². The van der Waals surface area contributed by atoms with E-state index in [1.165, 1.54) is 37.4 Å². The molecule has 0 aromatic heterocycles. The molecule has 0 atom stereocenters. The van der Waals surface area contributed by atoms with E-state index < -0.39 is 11.8 Å². The van der Waals surface area contributed by atoms with Crippen molar-refractivity contribution in [3.63, 3.8) is 0 Å². The standard InChI is InChI=1S/C15H11FN2O3/c1-21-14-7-11(3-4-12(14)15(19)20)18-13-5-2-10(16)6-9(13)8-17/h2-7,18H,1H3,(H,19,20). The number of aromatic carboxylic acids is 1. The summed E-state index contributed by atoms with van der Waals surface area (Å²) in [6.07, 6.45) is 0. The Morgan fingerprint density at radius 2 is 2.10 bits per heavy atom. The van der Waals surface area contributed by atoms with Crippen LogP contribution in [-0.2, 0) is 0 Å². The van der Waals surface area contributed by atoms with Crippen molar-refractivity contribution in [3.8, 4) is 11.8 Å². The number of hydrogen-bond donors (Lipinski definition) is 2. The Balaban J connectivity index is 2.37. The van der Waals surface area contributed by atoms with Gasteiger partial charge in [-0.15, -0.1) is 0 Å². The lowest BCUT2D eigenvalue weighted by atomic mass is 10.1. The molecular weight excluding hydrogens is 275 g/mol. The Morgan fingerprint density at radius 1 is 1.33 bits per heavy atom. The number of halogens is 1. The highest BCUT2D eigenvalue weighted by molar-refractivity contribution is 5.91. The van der Waals surface area contributed by atoms with Gasteiger partial charge in [0.25, 0.3) is 0 Å². The Morgan fingerprint density at radius 3 is 2.71 bits per heavy atom. The van der Waals surface area contributed by atoms with E-state index in [9.17, 15) is 9.18 Å². The van der Waals surface area contributed by atoms with E-state index in [1.807, 2.05) is 6.07 Å². The Kier molecular flexibility index (Phi) is 4.05. The molecule has 0 aliphatic carbocycles. The van der Waals surface area contributed by atoms with Gasteiger partial charge in [0.1, 0.15) is 23.2 Å². The van der Waals surface area contributed by atoms with Crippen molar-refractivity contribution in [2.75, 3.05) is 12.4 Å². The zero-order valence-electron chi connectivity index (χ0n) is 11.1. The topological polar surface area (TPSA) is 82.3 Å². The third-order valence-corrected chi connectivity index (χ3v) is 2.81. The Hall–Kier alpha value is -3.07. The van der Waals surface area contributed by atoms with Crippen molar-refractivity contribution in [2.24, 2.45) is 0 Å². The number of nitrogens with one attached hydrogen (secondary N) is 1. The first-order chi connectivity index (χ1) is 10.0. The van der Waals surface area contributed by atoms with E-state index in [1.54, 1.807) is 0 Å². The van der Waals surface area contributed by atoms with Crippen LogP contribution in [0.3, 0.4) is 0 Å².